The molecular weight excluding hydrogens is 1520 g/mol. The molecular formula is C91H145ClN9NaO15. The zero-order valence-electron chi connectivity index (χ0n) is 73.5. The summed E-state index contributed by atoms with van der Waals surface area (Å²) < 4.78 is 59.1. The topological polar surface area (TPSA) is 314 Å². The van der Waals surface area contributed by atoms with Gasteiger partial charge in [0.05, 0.1) is 59.8 Å². The number of nitrogen functional groups attached to an aromatic ring is 1. The summed E-state index contributed by atoms with van der Waals surface area (Å²) in [6.07, 6.45) is 41.6. The molecule has 0 unspecified atom stereocenters. The van der Waals surface area contributed by atoms with Crippen molar-refractivity contribution in [2.24, 2.45) is 0 Å². The van der Waals surface area contributed by atoms with Gasteiger partial charge < -0.3 is 78.3 Å². The van der Waals surface area contributed by atoms with E-state index in [1.807, 2.05) is 75.4 Å². The number of aliphatic hydroxyl groups is 2. The molecule has 0 atom stereocenters. The quantitative estimate of drug-likeness (QED) is 0.0119. The van der Waals surface area contributed by atoms with Gasteiger partial charge >= 0.3 is 41.6 Å². The van der Waals surface area contributed by atoms with Gasteiger partial charge in [-0.25, -0.2) is 19.9 Å². The van der Waals surface area contributed by atoms with Gasteiger partial charge in [0, 0.05) is 54.9 Å². The van der Waals surface area contributed by atoms with Crippen LogP contribution >= 0.6 is 11.6 Å². The Morgan fingerprint density at radius 1 is 0.342 bits per heavy atom. The molecule has 24 nitrogen and oxygen atoms in total. The summed E-state index contributed by atoms with van der Waals surface area (Å²) in [6.45, 7) is 13.0. The first kappa shape index (κ1) is 109. The first-order valence-corrected chi connectivity index (χ1v) is 42.6. The Hall–Kier alpha value is -6.49. The third-order valence-electron chi connectivity index (χ3n) is 18.7. The van der Waals surface area contributed by atoms with Gasteiger partial charge in [-0.05, 0) is 133 Å². The summed E-state index contributed by atoms with van der Waals surface area (Å²) in [7, 11) is 9.85. The van der Waals surface area contributed by atoms with E-state index in [-0.39, 0.29) is 35.3 Å². The largest absolute Gasteiger partial charge is 1.00 e. The molecule has 0 aliphatic carbocycles. The fourth-order valence-corrected chi connectivity index (χ4v) is 12.8. The van der Waals surface area contributed by atoms with Crippen molar-refractivity contribution >= 4 is 17.5 Å². The fraction of sp³-hybridized carbons (Fsp3) is 0.626. The van der Waals surface area contributed by atoms with Crippen LogP contribution in [0.4, 0.5) is 5.95 Å². The minimum atomic E-state index is 0. The number of aliphatic hydroxyl groups excluding tert-OH is 2. The normalized spacial score (nSPS) is 10.6. The number of aromatic nitrogens is 8. The Morgan fingerprint density at radius 3 is 0.949 bits per heavy atom. The van der Waals surface area contributed by atoms with Crippen LogP contribution in [-0.4, -0.2) is 152 Å². The van der Waals surface area contributed by atoms with E-state index in [0.717, 1.165) is 192 Å². The van der Waals surface area contributed by atoms with Crippen LogP contribution < -0.4 is 64.1 Å². The maximum Gasteiger partial charge on any atom is 1.00 e. The molecule has 0 saturated heterocycles. The Labute approximate surface area is 729 Å². The number of aromatic hydroxyl groups is 1. The van der Waals surface area contributed by atoms with Crippen molar-refractivity contribution in [3.63, 3.8) is 0 Å². The van der Waals surface area contributed by atoms with Crippen molar-refractivity contribution in [3.05, 3.63) is 159 Å². The third kappa shape index (κ3) is 53.7. The number of anilines is 1. The van der Waals surface area contributed by atoms with Gasteiger partial charge in [0.15, 0.2) is 23.0 Å². The molecule has 7 rings (SSSR count). The van der Waals surface area contributed by atoms with E-state index in [1.54, 1.807) is 35.4 Å². The van der Waals surface area contributed by atoms with E-state index in [1.165, 1.54) is 148 Å². The fourth-order valence-electron chi connectivity index (χ4n) is 12.6. The molecule has 3 aromatic carbocycles. The van der Waals surface area contributed by atoms with E-state index >= 15 is 0 Å². The summed E-state index contributed by atoms with van der Waals surface area (Å²) in [5.41, 5.74) is 15.7. The molecule has 117 heavy (non-hydrogen) atoms. The number of methoxy groups -OCH3 is 5. The molecule has 0 radical (unpaired) electrons. The Kier molecular flexibility index (Phi) is 70.2. The van der Waals surface area contributed by atoms with E-state index in [9.17, 15) is 5.11 Å². The SMILES string of the molecule is CO.COCOCCCCCCCCCCc1nc(Cl)nc(C)c1OCc1ccccc1.COCOCCCCCCCCCCc1nc(N)nc(C)c1OCc1ccccc1.COCOCCCCCCCCCCc1nc(OC)nc(C)c1OCc1ccccc1.COc1nc(C)c(O)c(CCCCCCCCCCO)n1.C[O-].[Na+]. The van der Waals surface area contributed by atoms with Crippen LogP contribution in [0.1, 0.15) is 268 Å². The summed E-state index contributed by atoms with van der Waals surface area (Å²) in [6, 6.07) is 31.2. The monoisotopic (exact) mass is 1660 g/mol. The van der Waals surface area contributed by atoms with Gasteiger partial charge in [0.2, 0.25) is 11.2 Å². The van der Waals surface area contributed by atoms with E-state index in [4.69, 9.17) is 84.8 Å². The molecule has 0 fully saturated rings. The molecule has 0 spiro atoms. The van der Waals surface area contributed by atoms with Crippen molar-refractivity contribution in [2.75, 3.05) is 102 Å². The van der Waals surface area contributed by atoms with Crippen LogP contribution in [0, 0.1) is 27.7 Å². The molecule has 0 aliphatic rings. The number of ether oxygens (including phenoxy) is 11. The van der Waals surface area contributed by atoms with E-state index < -0.39 is 0 Å². The molecule has 26 heteroatoms. The summed E-state index contributed by atoms with van der Waals surface area (Å²) in [4.78, 5) is 34.7. The van der Waals surface area contributed by atoms with Crippen molar-refractivity contribution < 1.29 is 102 Å². The summed E-state index contributed by atoms with van der Waals surface area (Å²) >= 11 is 6.10. The second-order valence-electron chi connectivity index (χ2n) is 28.3. The van der Waals surface area contributed by atoms with Crippen molar-refractivity contribution in [3.8, 4) is 35.0 Å². The van der Waals surface area contributed by atoms with Crippen LogP contribution in [0.25, 0.3) is 0 Å². The van der Waals surface area contributed by atoms with Crippen LogP contribution in [0.2, 0.25) is 5.28 Å². The minimum absolute atomic E-state index is 0. The molecule has 4 heterocycles. The molecule has 652 valence electrons. The zero-order valence-corrected chi connectivity index (χ0v) is 76.2. The number of halogens is 1. The standard InChI is InChI=1S/C25H38N2O4.C24H35ClN2O3.C24H37N3O3.C16H28N2O3.CH4O.CH3O.Na/c1-21-24(31-19-22-15-11-10-12-16-22)23(27-25(26-21)29-3)17-13-8-6-4-5-7-9-14-18-30-20-28-2;2*1-20-23(30-18-21-14-10-9-11-15-21)22(27-24(25)26-20)16-12-7-5-3-4-6-8-13-17-29-19-28-2;1-13-15(20)14(18-16(17-13)21-2)11-9-7-5-3-4-6-8-10-12-19;2*1-2;/h10-12,15-16H,4-9,13-14,17-20H2,1-3H3;9-11,14-15H,3-8,12-13,16-19H2,1-2H3;9-11,14-15H,3-8,12-13,16-19H2,1-2H3,(H2,25,26,27);19-20H,3-12H2,1-2H3;2H,1H3;1H3;/q;;;;;-1;+1. The third-order valence-corrected chi connectivity index (χ3v) is 18.9. The van der Waals surface area contributed by atoms with Crippen LogP contribution in [0.3, 0.4) is 0 Å². The Bertz CT molecular complexity index is 3340. The Morgan fingerprint density at radius 2 is 0.615 bits per heavy atom. The predicted octanol–water partition coefficient (Wildman–Crippen LogP) is 15.9. The number of nitrogens with two attached hydrogens (primary N) is 1. The molecule has 0 bridgehead atoms. The van der Waals surface area contributed by atoms with Gasteiger partial charge in [-0.2, -0.15) is 27.0 Å². The van der Waals surface area contributed by atoms with Crippen molar-refractivity contribution in [1.29, 1.82) is 0 Å². The van der Waals surface area contributed by atoms with Gasteiger partial charge in [-0.15, -0.1) is 0 Å². The van der Waals surface area contributed by atoms with E-state index in [2.05, 4.69) is 76.3 Å². The summed E-state index contributed by atoms with van der Waals surface area (Å²) in [5.74, 6) is 2.87. The van der Waals surface area contributed by atoms with Crippen LogP contribution in [0.15, 0.2) is 91.0 Å². The maximum atomic E-state index is 9.94. The number of hydrogen-bond donors (Lipinski definition) is 4. The minimum Gasteiger partial charge on any atom is -0.857 e. The van der Waals surface area contributed by atoms with Gasteiger partial charge in [-0.3, -0.25) is 0 Å². The number of unbranched alkanes of at least 4 members (excludes halogenated alkanes) is 28. The second kappa shape index (κ2) is 75.7. The molecule has 7 aromatic rings. The molecule has 4 aromatic heterocycles. The molecule has 0 aliphatic heterocycles. The number of benzene rings is 3. The van der Waals surface area contributed by atoms with Gasteiger partial charge in [0.1, 0.15) is 40.2 Å². The number of rotatable bonds is 60. The van der Waals surface area contributed by atoms with Gasteiger partial charge in [-0.1, -0.05) is 245 Å². The van der Waals surface area contributed by atoms with Crippen LogP contribution in [-0.2, 0) is 73.9 Å². The smallest absolute Gasteiger partial charge is 0.857 e. The average molecular weight is 1660 g/mol. The van der Waals surface area contributed by atoms with Crippen molar-refractivity contribution in [1.82, 2.24) is 39.9 Å². The Balaban J connectivity index is 0.000000773. The number of hydrogen-bond acceptors (Lipinski definition) is 24. The zero-order chi connectivity index (χ0) is 84.5. The van der Waals surface area contributed by atoms with E-state index in [0.29, 0.717) is 81.4 Å². The molecule has 0 amide bonds. The second-order valence-corrected chi connectivity index (χ2v) is 28.6. The molecule has 0 saturated carbocycles. The predicted molar refractivity (Wildman–Crippen MR) is 461 cm³/mol. The summed E-state index contributed by atoms with van der Waals surface area (Å²) in [5, 5.41) is 34.2. The number of aryl methyl sites for hydroxylation is 8. The maximum absolute atomic E-state index is 9.94. The molecule has 5 N–H and O–H groups in total. The first-order valence-electron chi connectivity index (χ1n) is 42.2. The van der Waals surface area contributed by atoms with Crippen LogP contribution in [0.5, 0.6) is 35.0 Å². The average Bonchev–Trinajstić information content (AvgIpc) is 0.869. The van der Waals surface area contributed by atoms with Gasteiger partial charge in [0.25, 0.3) is 0 Å². The first-order chi connectivity index (χ1) is 56.8. The number of nitrogens with zero attached hydrogens (tertiary/aromatic N) is 8. The van der Waals surface area contributed by atoms with Crippen molar-refractivity contribution in [2.45, 2.75) is 279 Å².